The summed E-state index contributed by atoms with van der Waals surface area (Å²) < 4.78 is 1.56. The van der Waals surface area contributed by atoms with Gasteiger partial charge in [-0.15, -0.1) is 0 Å². The van der Waals surface area contributed by atoms with Crippen LogP contribution in [-0.4, -0.2) is 4.57 Å². The average Bonchev–Trinajstić information content (AvgIpc) is 2.17. The number of pyridine rings is 1. The van der Waals surface area contributed by atoms with Gasteiger partial charge in [-0.25, -0.2) is 4.85 Å². The Morgan fingerprint density at radius 1 is 1.47 bits per heavy atom. The highest BCUT2D eigenvalue weighted by Gasteiger charge is 2.14. The quantitative estimate of drug-likeness (QED) is 0.709. The lowest BCUT2D eigenvalue weighted by Gasteiger charge is -2.19. The van der Waals surface area contributed by atoms with E-state index < -0.39 is 0 Å². The van der Waals surface area contributed by atoms with Gasteiger partial charge in [-0.3, -0.25) is 4.79 Å². The first-order chi connectivity index (χ1) is 6.99. The van der Waals surface area contributed by atoms with E-state index in [9.17, 15) is 4.79 Å². The van der Waals surface area contributed by atoms with E-state index in [4.69, 9.17) is 18.2 Å². The van der Waals surface area contributed by atoms with Gasteiger partial charge in [0.15, 0.2) is 0 Å². The van der Waals surface area contributed by atoms with Crippen molar-refractivity contribution in [2.24, 2.45) is 5.92 Å². The highest BCUT2D eigenvalue weighted by atomic mass is 35.5. The predicted molar refractivity (Wildman–Crippen MR) is 61.5 cm³/mol. The second kappa shape index (κ2) is 4.50. The molecule has 0 bridgehead atoms. The Labute approximate surface area is 94.1 Å². The van der Waals surface area contributed by atoms with E-state index in [1.165, 1.54) is 0 Å². The van der Waals surface area contributed by atoms with E-state index in [0.29, 0.717) is 5.92 Å². The molecule has 1 aromatic rings. The third-order valence-electron chi connectivity index (χ3n) is 2.56. The van der Waals surface area contributed by atoms with Crippen LogP contribution in [0.5, 0.6) is 0 Å². The number of rotatable bonds is 2. The maximum Gasteiger partial charge on any atom is 0.268 e. The summed E-state index contributed by atoms with van der Waals surface area (Å²) in [6.45, 7) is 12.9. The van der Waals surface area contributed by atoms with Crippen LogP contribution in [0.15, 0.2) is 17.1 Å². The van der Waals surface area contributed by atoms with Crippen LogP contribution in [-0.2, 0) is 0 Å². The van der Waals surface area contributed by atoms with Gasteiger partial charge >= 0.3 is 0 Å². The second-order valence-electron chi connectivity index (χ2n) is 3.82. The zero-order valence-electron chi connectivity index (χ0n) is 8.99. The molecule has 0 radical (unpaired) electrons. The summed E-state index contributed by atoms with van der Waals surface area (Å²) in [5, 5.41) is 0.224. The van der Waals surface area contributed by atoms with Gasteiger partial charge in [0, 0.05) is 12.2 Å². The van der Waals surface area contributed by atoms with Crippen LogP contribution in [0.25, 0.3) is 4.85 Å². The minimum absolute atomic E-state index is 0.00617. The molecule has 0 aromatic carbocycles. The van der Waals surface area contributed by atoms with Gasteiger partial charge in [-0.2, -0.15) is 0 Å². The number of hydrogen-bond donors (Lipinski definition) is 0. The van der Waals surface area contributed by atoms with Gasteiger partial charge in [0.25, 0.3) is 11.2 Å². The lowest BCUT2D eigenvalue weighted by Crippen LogP contribution is -2.25. The standard InChI is InChI=1S/C11H13ClN2O/c1-7(2)8(3)14-6-5-9(12)10(13-4)11(14)15/h5-8H,1-3H3/t8-/m0/s1. The first-order valence-corrected chi connectivity index (χ1v) is 5.15. The number of hydrogen-bond acceptors (Lipinski definition) is 1. The molecular weight excluding hydrogens is 212 g/mol. The zero-order valence-corrected chi connectivity index (χ0v) is 9.75. The molecule has 0 aliphatic heterocycles. The number of halogens is 1. The van der Waals surface area contributed by atoms with Crippen molar-refractivity contribution in [1.29, 1.82) is 0 Å². The van der Waals surface area contributed by atoms with Crippen molar-refractivity contribution in [2.75, 3.05) is 0 Å². The van der Waals surface area contributed by atoms with Crippen molar-refractivity contribution in [3.63, 3.8) is 0 Å². The van der Waals surface area contributed by atoms with Crippen molar-refractivity contribution in [2.45, 2.75) is 26.8 Å². The SMILES string of the molecule is [C-]#[N+]c1c(Cl)ccn([C@@H](C)C(C)C)c1=O. The van der Waals surface area contributed by atoms with Crippen molar-refractivity contribution < 1.29 is 0 Å². The Morgan fingerprint density at radius 2 is 2.07 bits per heavy atom. The molecule has 0 saturated carbocycles. The molecule has 0 aliphatic rings. The molecule has 0 N–H and O–H groups in total. The van der Waals surface area contributed by atoms with Crippen LogP contribution in [0.1, 0.15) is 26.8 Å². The minimum atomic E-state index is -0.307. The summed E-state index contributed by atoms with van der Waals surface area (Å²) in [6.07, 6.45) is 1.64. The molecule has 1 atom stereocenters. The van der Waals surface area contributed by atoms with E-state index >= 15 is 0 Å². The summed E-state index contributed by atoms with van der Waals surface area (Å²) in [5.74, 6) is 0.336. The highest BCUT2D eigenvalue weighted by Crippen LogP contribution is 2.22. The Morgan fingerprint density at radius 3 is 2.53 bits per heavy atom. The smallest absolute Gasteiger partial charge is 0.268 e. The molecular formula is C11H13ClN2O. The van der Waals surface area contributed by atoms with Gasteiger partial charge in [0.05, 0.1) is 11.6 Å². The summed E-state index contributed by atoms with van der Waals surface area (Å²) in [5.41, 5.74) is -0.301. The average molecular weight is 225 g/mol. The van der Waals surface area contributed by atoms with Crippen molar-refractivity contribution >= 4 is 17.3 Å². The Kier molecular flexibility index (Phi) is 3.54. The molecule has 1 aromatic heterocycles. The van der Waals surface area contributed by atoms with Crippen LogP contribution in [0, 0.1) is 12.5 Å². The van der Waals surface area contributed by atoms with Gasteiger partial charge in [0.1, 0.15) is 0 Å². The first-order valence-electron chi connectivity index (χ1n) is 4.77. The fraction of sp³-hybridized carbons (Fsp3) is 0.455. The topological polar surface area (TPSA) is 26.4 Å². The van der Waals surface area contributed by atoms with Crippen molar-refractivity contribution in [1.82, 2.24) is 4.57 Å². The normalized spacial score (nSPS) is 12.5. The van der Waals surface area contributed by atoms with Gasteiger partial charge < -0.3 is 4.57 Å². The van der Waals surface area contributed by atoms with E-state index in [1.807, 2.05) is 20.8 Å². The first kappa shape index (κ1) is 11.8. The third-order valence-corrected chi connectivity index (χ3v) is 2.87. The van der Waals surface area contributed by atoms with E-state index in [-0.39, 0.29) is 22.3 Å². The summed E-state index contributed by atoms with van der Waals surface area (Å²) in [4.78, 5) is 15.0. The number of nitrogens with zero attached hydrogens (tertiary/aromatic N) is 2. The molecule has 1 heterocycles. The Balaban J connectivity index is 3.36. The van der Waals surface area contributed by atoms with Crippen molar-refractivity contribution in [3.8, 4) is 0 Å². The molecule has 15 heavy (non-hydrogen) atoms. The lowest BCUT2D eigenvalue weighted by atomic mass is 10.1. The molecule has 0 amide bonds. The van der Waals surface area contributed by atoms with Crippen LogP contribution in [0.3, 0.4) is 0 Å². The van der Waals surface area contributed by atoms with Gasteiger partial charge in [0.2, 0.25) is 0 Å². The molecule has 0 aliphatic carbocycles. The fourth-order valence-electron chi connectivity index (χ4n) is 1.26. The zero-order chi connectivity index (χ0) is 11.6. The maximum atomic E-state index is 11.8. The van der Waals surface area contributed by atoms with Crippen LogP contribution in [0.4, 0.5) is 5.69 Å². The monoisotopic (exact) mass is 224 g/mol. The lowest BCUT2D eigenvalue weighted by molar-refractivity contribution is 0.399. The predicted octanol–water partition coefficient (Wildman–Crippen LogP) is 3.27. The molecule has 0 spiro atoms. The fourth-order valence-corrected chi connectivity index (χ4v) is 1.44. The summed E-state index contributed by atoms with van der Waals surface area (Å²) in [7, 11) is 0. The maximum absolute atomic E-state index is 11.8. The third kappa shape index (κ3) is 2.21. The molecule has 0 unspecified atom stereocenters. The second-order valence-corrected chi connectivity index (χ2v) is 4.23. The van der Waals surface area contributed by atoms with Crippen LogP contribution < -0.4 is 5.56 Å². The highest BCUT2D eigenvalue weighted by molar-refractivity contribution is 6.33. The van der Waals surface area contributed by atoms with Gasteiger partial charge in [-0.1, -0.05) is 25.4 Å². The number of aromatic nitrogens is 1. The van der Waals surface area contributed by atoms with E-state index in [1.54, 1.807) is 16.8 Å². The molecule has 4 heteroatoms. The Hall–Kier alpha value is -1.27. The van der Waals surface area contributed by atoms with E-state index in [2.05, 4.69) is 4.85 Å². The van der Waals surface area contributed by atoms with E-state index in [0.717, 1.165) is 0 Å². The van der Waals surface area contributed by atoms with Crippen LogP contribution in [0.2, 0.25) is 5.02 Å². The summed E-state index contributed by atoms with van der Waals surface area (Å²) >= 11 is 5.76. The summed E-state index contributed by atoms with van der Waals surface area (Å²) in [6, 6.07) is 1.66. The molecule has 3 nitrogen and oxygen atoms in total. The molecule has 1 rings (SSSR count). The Bertz CT molecular complexity index is 457. The van der Waals surface area contributed by atoms with Crippen LogP contribution >= 0.6 is 11.6 Å². The van der Waals surface area contributed by atoms with Gasteiger partial charge in [-0.05, 0) is 18.9 Å². The molecule has 80 valence electrons. The molecule has 0 saturated heterocycles. The largest absolute Gasteiger partial charge is 0.321 e. The minimum Gasteiger partial charge on any atom is -0.321 e. The van der Waals surface area contributed by atoms with Crippen molar-refractivity contribution in [3.05, 3.63) is 39.1 Å². The molecule has 0 fully saturated rings.